The molecule has 5 nitrogen and oxygen atoms in total. The second-order valence-corrected chi connectivity index (χ2v) is 23.9. The molecule has 0 aliphatic rings. The van der Waals surface area contributed by atoms with Gasteiger partial charge in [0.1, 0.15) is 6.61 Å². The Bertz CT molecular complexity index is 1530. The summed E-state index contributed by atoms with van der Waals surface area (Å²) in [6.45, 7) is 4.05. The molecule has 1 unspecified atom stereocenters. The third-order valence-electron chi connectivity index (χ3n) is 15.9. The summed E-state index contributed by atoms with van der Waals surface area (Å²) in [4.78, 5) is 24.7. The van der Waals surface area contributed by atoms with Crippen LogP contribution < -0.4 is 0 Å². The Hall–Kier alpha value is -3.18. The number of carbonyl (C=O) groups excluding carboxylic acids is 2. The molecule has 1 atom stereocenters. The van der Waals surface area contributed by atoms with Crippen LogP contribution in [0.1, 0.15) is 361 Å². The summed E-state index contributed by atoms with van der Waals surface area (Å²) in [7, 11) is 0. The van der Waals surface area contributed by atoms with Crippen LogP contribution in [-0.2, 0) is 19.1 Å². The summed E-state index contributed by atoms with van der Waals surface area (Å²) < 4.78 is 10.8. The van der Waals surface area contributed by atoms with Crippen molar-refractivity contribution in [2.45, 2.75) is 367 Å². The fourth-order valence-corrected chi connectivity index (χ4v) is 10.5. The van der Waals surface area contributed by atoms with Crippen LogP contribution in [0.2, 0.25) is 0 Å². The number of hydrogen-bond donors (Lipinski definition) is 1. The van der Waals surface area contributed by atoms with Crippen LogP contribution in [0.3, 0.4) is 0 Å². The SMILES string of the molecule is CC/C=C\C/C=C\C/C=C\C/C=C\C/C=C\CCCCCCCCCCCCCCCC(=O)OC(CO)COC(=O)CCCCCCCCCCCCCCCCCCCCCCCCCC/C=C\C/C=C\C/C=C\CCCCCCC. The molecular weight excluding hydrogens is 1000 g/mol. The molecule has 82 heavy (non-hydrogen) atoms. The number of allylic oxidation sites excluding steroid dienone is 16. The van der Waals surface area contributed by atoms with E-state index in [9.17, 15) is 14.7 Å². The van der Waals surface area contributed by atoms with E-state index in [2.05, 4.69) is 111 Å². The molecule has 0 aliphatic carbocycles. The summed E-state index contributed by atoms with van der Waals surface area (Å²) >= 11 is 0. The molecule has 0 aliphatic heterocycles. The lowest BCUT2D eigenvalue weighted by Crippen LogP contribution is -2.28. The predicted molar refractivity (Wildman–Crippen MR) is 362 cm³/mol. The van der Waals surface area contributed by atoms with Gasteiger partial charge in [-0.2, -0.15) is 0 Å². The maximum atomic E-state index is 12.4. The van der Waals surface area contributed by atoms with Crippen LogP contribution in [0, 0.1) is 0 Å². The van der Waals surface area contributed by atoms with Gasteiger partial charge < -0.3 is 14.6 Å². The van der Waals surface area contributed by atoms with Crippen molar-refractivity contribution in [2.75, 3.05) is 13.2 Å². The van der Waals surface area contributed by atoms with Crippen molar-refractivity contribution in [3.8, 4) is 0 Å². The van der Waals surface area contributed by atoms with Gasteiger partial charge in [-0.3, -0.25) is 9.59 Å². The van der Waals surface area contributed by atoms with Gasteiger partial charge in [0.15, 0.2) is 6.10 Å². The minimum Gasteiger partial charge on any atom is -0.462 e. The molecule has 0 aromatic heterocycles. The molecule has 0 aromatic rings. The zero-order valence-corrected chi connectivity index (χ0v) is 54.5. The Morgan fingerprint density at radius 3 is 0.793 bits per heavy atom. The molecule has 0 saturated heterocycles. The first-order valence-corrected chi connectivity index (χ1v) is 35.8. The highest BCUT2D eigenvalue weighted by Gasteiger charge is 2.16. The largest absolute Gasteiger partial charge is 0.462 e. The van der Waals surface area contributed by atoms with Crippen molar-refractivity contribution in [2.24, 2.45) is 0 Å². The average Bonchev–Trinajstić information content (AvgIpc) is 3.49. The Labute approximate surface area is 510 Å². The molecule has 1 N–H and O–H groups in total. The minimum absolute atomic E-state index is 0.0656. The maximum absolute atomic E-state index is 12.4. The lowest BCUT2D eigenvalue weighted by Gasteiger charge is -2.15. The van der Waals surface area contributed by atoms with Gasteiger partial charge in [-0.25, -0.2) is 0 Å². The van der Waals surface area contributed by atoms with Gasteiger partial charge in [-0.15, -0.1) is 0 Å². The lowest BCUT2D eigenvalue weighted by atomic mass is 10.0. The van der Waals surface area contributed by atoms with E-state index in [1.807, 2.05) is 0 Å². The first kappa shape index (κ1) is 78.8. The number of rotatable bonds is 66. The molecule has 0 radical (unpaired) electrons. The minimum atomic E-state index is -0.777. The molecule has 0 aromatic carbocycles. The molecular formula is C77H136O5. The second-order valence-electron chi connectivity index (χ2n) is 23.9. The maximum Gasteiger partial charge on any atom is 0.306 e. The summed E-state index contributed by atoms with van der Waals surface area (Å²) in [5.41, 5.74) is 0. The third kappa shape index (κ3) is 69.3. The molecule has 0 bridgehead atoms. The van der Waals surface area contributed by atoms with Gasteiger partial charge >= 0.3 is 11.9 Å². The van der Waals surface area contributed by atoms with Crippen LogP contribution in [0.5, 0.6) is 0 Å². The smallest absolute Gasteiger partial charge is 0.306 e. The van der Waals surface area contributed by atoms with E-state index in [1.165, 1.54) is 250 Å². The molecule has 0 rings (SSSR count). The summed E-state index contributed by atoms with van der Waals surface area (Å²) in [6.07, 6.45) is 103. The first-order valence-electron chi connectivity index (χ1n) is 35.8. The van der Waals surface area contributed by atoms with E-state index in [0.717, 1.165) is 83.5 Å². The van der Waals surface area contributed by atoms with Crippen LogP contribution in [0.15, 0.2) is 97.2 Å². The van der Waals surface area contributed by atoms with E-state index < -0.39 is 6.10 Å². The molecule has 5 heteroatoms. The van der Waals surface area contributed by atoms with Gasteiger partial charge in [0.05, 0.1) is 6.61 Å². The van der Waals surface area contributed by atoms with Crippen LogP contribution >= 0.6 is 0 Å². The number of aliphatic hydroxyl groups excluding tert-OH is 1. The van der Waals surface area contributed by atoms with Gasteiger partial charge in [0.25, 0.3) is 0 Å². The van der Waals surface area contributed by atoms with Crippen molar-refractivity contribution >= 4 is 11.9 Å². The van der Waals surface area contributed by atoms with Crippen molar-refractivity contribution in [3.05, 3.63) is 97.2 Å². The lowest BCUT2D eigenvalue weighted by molar-refractivity contribution is -0.161. The number of carbonyl (C=O) groups is 2. The molecule has 0 heterocycles. The fourth-order valence-electron chi connectivity index (χ4n) is 10.5. The van der Waals surface area contributed by atoms with Crippen molar-refractivity contribution in [1.29, 1.82) is 0 Å². The monoisotopic (exact) mass is 1140 g/mol. The van der Waals surface area contributed by atoms with E-state index in [1.54, 1.807) is 0 Å². The second kappa shape index (κ2) is 72.1. The Kier molecular flexibility index (Phi) is 69.3. The molecule has 474 valence electrons. The van der Waals surface area contributed by atoms with Crippen molar-refractivity contribution in [1.82, 2.24) is 0 Å². The molecule has 0 saturated carbocycles. The number of esters is 2. The van der Waals surface area contributed by atoms with Crippen LogP contribution in [0.25, 0.3) is 0 Å². The standard InChI is InChI=1S/C77H136O5/c1-3-5-7-9-11-13-15-17-19-21-23-25-27-29-31-33-34-35-36-37-38-39-40-41-42-44-45-47-49-51-53-55-57-59-61-63-65-67-69-71-76(79)81-74-75(73-78)82-77(80)72-70-68-66-64-62-60-58-56-54-52-50-48-46-43-32-30-28-26-24-22-20-18-16-14-12-10-8-6-4-2/h6,8,12,14-15,17-18,20-21,23-24,26-27,29-30,32,75,78H,3-5,7,9-11,13,16,19,22,25,28,31,33-74H2,1-2H3/b8-6-,14-12-,17-15-,20-18-,23-21-,26-24-,29-27-,32-30-. The first-order chi connectivity index (χ1) is 40.6. The van der Waals surface area contributed by atoms with E-state index in [-0.39, 0.29) is 25.2 Å². The highest BCUT2D eigenvalue weighted by atomic mass is 16.6. The van der Waals surface area contributed by atoms with Crippen LogP contribution in [-0.4, -0.2) is 36.4 Å². The van der Waals surface area contributed by atoms with Gasteiger partial charge in [-0.05, 0) is 96.3 Å². The quantitative estimate of drug-likeness (QED) is 0.0373. The highest BCUT2D eigenvalue weighted by molar-refractivity contribution is 5.70. The third-order valence-corrected chi connectivity index (χ3v) is 15.9. The number of hydrogen-bond acceptors (Lipinski definition) is 5. The van der Waals surface area contributed by atoms with Gasteiger partial charge in [-0.1, -0.05) is 349 Å². The zero-order valence-electron chi connectivity index (χ0n) is 54.5. The number of aliphatic hydroxyl groups is 1. The Balaban J connectivity index is 3.42. The molecule has 0 amide bonds. The van der Waals surface area contributed by atoms with Crippen molar-refractivity contribution < 1.29 is 24.2 Å². The summed E-state index contributed by atoms with van der Waals surface area (Å²) in [5, 5.41) is 9.71. The summed E-state index contributed by atoms with van der Waals surface area (Å²) in [6, 6.07) is 0. The average molecular weight is 1140 g/mol. The fraction of sp³-hybridized carbons (Fsp3) is 0.766. The van der Waals surface area contributed by atoms with Crippen LogP contribution in [0.4, 0.5) is 0 Å². The number of unbranched alkanes of at least 4 members (excludes halogenated alkanes) is 42. The highest BCUT2D eigenvalue weighted by Crippen LogP contribution is 2.18. The zero-order chi connectivity index (χ0) is 59.1. The van der Waals surface area contributed by atoms with E-state index in [0.29, 0.717) is 12.8 Å². The summed E-state index contributed by atoms with van der Waals surface area (Å²) in [5.74, 6) is -0.578. The molecule has 0 spiro atoms. The van der Waals surface area contributed by atoms with E-state index in [4.69, 9.17) is 9.47 Å². The Morgan fingerprint density at radius 2 is 0.524 bits per heavy atom. The van der Waals surface area contributed by atoms with E-state index >= 15 is 0 Å². The number of ether oxygens (including phenoxy) is 2. The topological polar surface area (TPSA) is 72.8 Å². The predicted octanol–water partition coefficient (Wildman–Crippen LogP) is 25.0. The van der Waals surface area contributed by atoms with Gasteiger partial charge in [0, 0.05) is 12.8 Å². The Morgan fingerprint density at radius 1 is 0.293 bits per heavy atom. The van der Waals surface area contributed by atoms with Crippen molar-refractivity contribution in [3.63, 3.8) is 0 Å². The molecule has 0 fully saturated rings. The normalized spacial score (nSPS) is 12.8. The van der Waals surface area contributed by atoms with Gasteiger partial charge in [0.2, 0.25) is 0 Å².